The van der Waals surface area contributed by atoms with Crippen molar-refractivity contribution < 1.29 is 0 Å². The number of aromatic nitrogens is 2. The molecule has 0 amide bonds. The Kier molecular flexibility index (Phi) is 3.74. The second-order valence-corrected chi connectivity index (χ2v) is 4.41. The molecule has 0 fully saturated rings. The van der Waals surface area contributed by atoms with Crippen molar-refractivity contribution in [2.75, 3.05) is 13.6 Å². The molecule has 0 atom stereocenters. The van der Waals surface area contributed by atoms with Gasteiger partial charge >= 0.3 is 0 Å². The van der Waals surface area contributed by atoms with E-state index in [-0.39, 0.29) is 0 Å². The van der Waals surface area contributed by atoms with Crippen molar-refractivity contribution in [1.82, 2.24) is 15.1 Å². The lowest BCUT2D eigenvalue weighted by atomic mass is 10.3. The SMILES string of the molecule is CNCCc1nn(-c2ccccc2)cc1Br. The first kappa shape index (κ1) is 11.4. The second-order valence-electron chi connectivity index (χ2n) is 3.56. The van der Waals surface area contributed by atoms with Gasteiger partial charge in [-0.05, 0) is 35.1 Å². The fourth-order valence-corrected chi connectivity index (χ4v) is 1.99. The molecule has 1 aromatic heterocycles. The standard InChI is InChI=1S/C12H14BrN3/c1-14-8-7-12-11(13)9-16(15-12)10-5-3-2-4-6-10/h2-6,9,14H,7-8H2,1H3. The van der Waals surface area contributed by atoms with Gasteiger partial charge in [-0.25, -0.2) is 4.68 Å². The summed E-state index contributed by atoms with van der Waals surface area (Å²) in [5.41, 5.74) is 2.16. The summed E-state index contributed by atoms with van der Waals surface area (Å²) in [7, 11) is 1.95. The summed E-state index contributed by atoms with van der Waals surface area (Å²) in [6.07, 6.45) is 2.93. The van der Waals surface area contributed by atoms with E-state index in [0.717, 1.165) is 28.8 Å². The minimum atomic E-state index is 0.927. The van der Waals surface area contributed by atoms with Crippen LogP contribution in [-0.2, 0) is 6.42 Å². The highest BCUT2D eigenvalue weighted by Gasteiger charge is 2.06. The number of rotatable bonds is 4. The first-order valence-corrected chi connectivity index (χ1v) is 6.04. The summed E-state index contributed by atoms with van der Waals surface area (Å²) in [6, 6.07) is 10.1. The number of nitrogens with one attached hydrogen (secondary N) is 1. The van der Waals surface area contributed by atoms with Crippen LogP contribution < -0.4 is 5.32 Å². The summed E-state index contributed by atoms with van der Waals surface area (Å²) in [5, 5.41) is 7.67. The molecule has 0 aliphatic rings. The largest absolute Gasteiger partial charge is 0.319 e. The van der Waals surface area contributed by atoms with Crippen LogP contribution in [0.4, 0.5) is 0 Å². The smallest absolute Gasteiger partial charge is 0.0783 e. The van der Waals surface area contributed by atoms with Gasteiger partial charge in [0.1, 0.15) is 0 Å². The second kappa shape index (κ2) is 5.27. The zero-order valence-electron chi connectivity index (χ0n) is 9.15. The number of nitrogens with zero attached hydrogens (tertiary/aromatic N) is 2. The Bertz CT molecular complexity index is 451. The molecule has 1 N–H and O–H groups in total. The topological polar surface area (TPSA) is 29.9 Å². The maximum atomic E-state index is 4.55. The fraction of sp³-hybridized carbons (Fsp3) is 0.250. The lowest BCUT2D eigenvalue weighted by Gasteiger charge is -1.99. The zero-order valence-corrected chi connectivity index (χ0v) is 10.7. The van der Waals surface area contributed by atoms with Crippen molar-refractivity contribution in [3.8, 4) is 5.69 Å². The van der Waals surface area contributed by atoms with E-state index >= 15 is 0 Å². The molecule has 2 rings (SSSR count). The van der Waals surface area contributed by atoms with E-state index in [2.05, 4.69) is 26.3 Å². The molecule has 1 aromatic carbocycles. The minimum absolute atomic E-state index is 0.927. The van der Waals surface area contributed by atoms with E-state index in [9.17, 15) is 0 Å². The van der Waals surface area contributed by atoms with Crippen LogP contribution in [0.2, 0.25) is 0 Å². The molecule has 0 unspecified atom stereocenters. The molecule has 4 heteroatoms. The average molecular weight is 280 g/mol. The zero-order chi connectivity index (χ0) is 11.4. The minimum Gasteiger partial charge on any atom is -0.319 e. The highest BCUT2D eigenvalue weighted by Crippen LogP contribution is 2.18. The molecule has 0 saturated heterocycles. The van der Waals surface area contributed by atoms with Crippen molar-refractivity contribution >= 4 is 15.9 Å². The van der Waals surface area contributed by atoms with Gasteiger partial charge in [-0.1, -0.05) is 18.2 Å². The lowest BCUT2D eigenvalue weighted by Crippen LogP contribution is -2.11. The molecule has 3 nitrogen and oxygen atoms in total. The lowest BCUT2D eigenvalue weighted by molar-refractivity contribution is 0.754. The number of likely N-dealkylation sites (N-methyl/N-ethyl adjacent to an activating group) is 1. The number of benzene rings is 1. The predicted octanol–water partition coefficient (Wildman–Crippen LogP) is 2.40. The number of hydrogen-bond acceptors (Lipinski definition) is 2. The van der Waals surface area contributed by atoms with Crippen LogP contribution in [0.5, 0.6) is 0 Å². The van der Waals surface area contributed by atoms with E-state index in [1.165, 1.54) is 0 Å². The van der Waals surface area contributed by atoms with Crippen LogP contribution in [0.3, 0.4) is 0 Å². The normalized spacial score (nSPS) is 10.6. The molecule has 2 aromatic rings. The molecule has 84 valence electrons. The molecule has 0 radical (unpaired) electrons. The first-order valence-electron chi connectivity index (χ1n) is 5.25. The van der Waals surface area contributed by atoms with Gasteiger partial charge in [0.25, 0.3) is 0 Å². The van der Waals surface area contributed by atoms with Gasteiger partial charge in [-0.3, -0.25) is 0 Å². The number of halogens is 1. The van der Waals surface area contributed by atoms with Gasteiger partial charge in [0.2, 0.25) is 0 Å². The van der Waals surface area contributed by atoms with Gasteiger partial charge < -0.3 is 5.32 Å². The van der Waals surface area contributed by atoms with E-state index < -0.39 is 0 Å². The molecule has 0 aliphatic carbocycles. The molecule has 0 spiro atoms. The number of hydrogen-bond donors (Lipinski definition) is 1. The van der Waals surface area contributed by atoms with Gasteiger partial charge in [0.15, 0.2) is 0 Å². The summed E-state index contributed by atoms with van der Waals surface area (Å²) < 4.78 is 2.96. The third-order valence-corrected chi connectivity index (χ3v) is 3.03. The van der Waals surface area contributed by atoms with Gasteiger partial charge in [-0.2, -0.15) is 5.10 Å². The van der Waals surface area contributed by atoms with Crippen molar-refractivity contribution in [2.45, 2.75) is 6.42 Å². The monoisotopic (exact) mass is 279 g/mol. The summed E-state index contributed by atoms with van der Waals surface area (Å²) in [5.74, 6) is 0. The average Bonchev–Trinajstić information content (AvgIpc) is 2.69. The quantitative estimate of drug-likeness (QED) is 0.932. The molecule has 16 heavy (non-hydrogen) atoms. The van der Waals surface area contributed by atoms with Crippen LogP contribution >= 0.6 is 15.9 Å². The van der Waals surface area contributed by atoms with Crippen molar-refractivity contribution in [2.24, 2.45) is 0 Å². The van der Waals surface area contributed by atoms with Crippen molar-refractivity contribution in [3.05, 3.63) is 46.7 Å². The number of para-hydroxylation sites is 1. The van der Waals surface area contributed by atoms with Crippen LogP contribution in [0.15, 0.2) is 41.0 Å². The third-order valence-electron chi connectivity index (χ3n) is 2.37. The van der Waals surface area contributed by atoms with Gasteiger partial charge in [0, 0.05) is 19.2 Å². The predicted molar refractivity (Wildman–Crippen MR) is 68.9 cm³/mol. The van der Waals surface area contributed by atoms with Crippen LogP contribution in [0, 0.1) is 0 Å². The maximum Gasteiger partial charge on any atom is 0.0783 e. The van der Waals surface area contributed by atoms with E-state index in [1.807, 2.05) is 48.3 Å². The highest BCUT2D eigenvalue weighted by molar-refractivity contribution is 9.10. The Balaban J connectivity index is 2.24. The first-order chi connectivity index (χ1) is 7.81. The molecular weight excluding hydrogens is 266 g/mol. The van der Waals surface area contributed by atoms with Crippen LogP contribution in [0.25, 0.3) is 5.69 Å². The van der Waals surface area contributed by atoms with Crippen molar-refractivity contribution in [3.63, 3.8) is 0 Å². The summed E-state index contributed by atoms with van der Waals surface area (Å²) >= 11 is 3.53. The molecule has 0 bridgehead atoms. The molecule has 0 aliphatic heterocycles. The van der Waals surface area contributed by atoms with Crippen LogP contribution in [0.1, 0.15) is 5.69 Å². The van der Waals surface area contributed by atoms with Gasteiger partial charge in [0.05, 0.1) is 15.9 Å². The van der Waals surface area contributed by atoms with E-state index in [4.69, 9.17) is 0 Å². The molecular formula is C12H14BrN3. The summed E-state index contributed by atoms with van der Waals surface area (Å²) in [6.45, 7) is 0.935. The third kappa shape index (κ3) is 2.51. The highest BCUT2D eigenvalue weighted by atomic mass is 79.9. The van der Waals surface area contributed by atoms with Crippen molar-refractivity contribution in [1.29, 1.82) is 0 Å². The van der Waals surface area contributed by atoms with E-state index in [1.54, 1.807) is 0 Å². The van der Waals surface area contributed by atoms with Gasteiger partial charge in [-0.15, -0.1) is 0 Å². The summed E-state index contributed by atoms with van der Waals surface area (Å²) in [4.78, 5) is 0. The Morgan fingerprint density at radius 1 is 1.31 bits per heavy atom. The maximum absolute atomic E-state index is 4.55. The van der Waals surface area contributed by atoms with E-state index in [0.29, 0.717) is 0 Å². The Hall–Kier alpha value is -1.13. The molecule has 1 heterocycles. The molecule has 0 saturated carbocycles. The Morgan fingerprint density at radius 2 is 2.06 bits per heavy atom. The Labute approximate surface area is 104 Å². The Morgan fingerprint density at radius 3 is 2.75 bits per heavy atom. The fourth-order valence-electron chi connectivity index (χ4n) is 1.51. The van der Waals surface area contributed by atoms with Crippen LogP contribution in [-0.4, -0.2) is 23.4 Å².